The Hall–Kier alpha value is -3.19. The second-order valence-electron chi connectivity index (χ2n) is 5.34. The normalized spacial score (nSPS) is 11.2. The van der Waals surface area contributed by atoms with Gasteiger partial charge in [-0.15, -0.1) is 11.3 Å². The smallest absolute Gasteiger partial charge is 0.315 e. The van der Waals surface area contributed by atoms with E-state index in [4.69, 9.17) is 4.84 Å². The van der Waals surface area contributed by atoms with E-state index in [0.29, 0.717) is 11.4 Å². The zero-order valence-corrected chi connectivity index (χ0v) is 15.3. The van der Waals surface area contributed by atoms with Crippen molar-refractivity contribution in [2.45, 2.75) is 13.8 Å². The molecule has 26 heavy (non-hydrogen) atoms. The Balaban J connectivity index is 1.83. The largest absolute Gasteiger partial charge is 0.346 e. The number of hydrogen-bond donors (Lipinski definition) is 0. The predicted octanol–water partition coefficient (Wildman–Crippen LogP) is 4.39. The first-order chi connectivity index (χ1) is 12.6. The van der Waals surface area contributed by atoms with E-state index in [9.17, 15) is 0 Å². The maximum atomic E-state index is 5.38. The van der Waals surface area contributed by atoms with E-state index in [0.717, 1.165) is 26.7 Å². The monoisotopic (exact) mass is 363 g/mol. The van der Waals surface area contributed by atoms with Gasteiger partial charge in [0.2, 0.25) is 0 Å². The zero-order chi connectivity index (χ0) is 18.5. The molecule has 0 N–H and O–H groups in total. The molecule has 0 aliphatic heterocycles. The van der Waals surface area contributed by atoms with Crippen molar-refractivity contribution in [3.05, 3.63) is 65.7 Å². The molecule has 3 rings (SSSR count). The second kappa shape index (κ2) is 7.79. The summed E-state index contributed by atoms with van der Waals surface area (Å²) >= 11 is 1.54. The highest BCUT2D eigenvalue weighted by Crippen LogP contribution is 2.27. The number of oxime groups is 1. The van der Waals surface area contributed by atoms with E-state index >= 15 is 0 Å². The number of thiazole rings is 1. The first-order valence-electron chi connectivity index (χ1n) is 7.84. The quantitative estimate of drug-likeness (QED) is 0.480. The van der Waals surface area contributed by atoms with Gasteiger partial charge in [0, 0.05) is 29.7 Å². The first-order valence-corrected chi connectivity index (χ1v) is 8.65. The summed E-state index contributed by atoms with van der Waals surface area (Å²) in [5, 5.41) is 5.04. The van der Waals surface area contributed by atoms with Crippen LogP contribution in [0.25, 0.3) is 22.7 Å². The van der Waals surface area contributed by atoms with Gasteiger partial charge in [-0.1, -0.05) is 24.4 Å². The zero-order valence-electron chi connectivity index (χ0n) is 14.5. The Morgan fingerprint density at radius 1 is 1.23 bits per heavy atom. The minimum Gasteiger partial charge on any atom is -0.315 e. The van der Waals surface area contributed by atoms with E-state index < -0.39 is 0 Å². The molecule has 0 saturated carbocycles. The van der Waals surface area contributed by atoms with Crippen molar-refractivity contribution >= 4 is 29.2 Å². The van der Waals surface area contributed by atoms with Crippen LogP contribution in [0.15, 0.2) is 49.0 Å². The fraction of sp³-hybridized carbons (Fsp3) is 0.105. The Morgan fingerprint density at radius 2 is 2.08 bits per heavy atom. The summed E-state index contributed by atoms with van der Waals surface area (Å²) in [5.41, 5.74) is 3.98. The number of rotatable bonds is 6. The maximum Gasteiger partial charge on any atom is 0.346 e. The van der Waals surface area contributed by atoms with Crippen LogP contribution in [0.1, 0.15) is 28.8 Å². The summed E-state index contributed by atoms with van der Waals surface area (Å²) < 4.78 is 0. The molecule has 6 nitrogen and oxygen atoms in total. The third kappa shape index (κ3) is 3.73. The first kappa shape index (κ1) is 17.6. The molecule has 0 saturated heterocycles. The van der Waals surface area contributed by atoms with Crippen LogP contribution in [0.2, 0.25) is 0 Å². The number of nitrogens with zero attached hydrogens (tertiary/aromatic N) is 5. The number of aryl methyl sites for hydroxylation is 1. The minimum absolute atomic E-state index is 0.152. The molecule has 3 aromatic heterocycles. The fourth-order valence-electron chi connectivity index (χ4n) is 2.25. The van der Waals surface area contributed by atoms with E-state index in [-0.39, 0.29) is 6.01 Å². The van der Waals surface area contributed by atoms with Gasteiger partial charge < -0.3 is 4.84 Å². The lowest BCUT2D eigenvalue weighted by atomic mass is 10.2. The number of pyridine rings is 1. The Kier molecular flexibility index (Phi) is 5.28. The SMILES string of the molecule is C=Cc1cnc(O/N=C(\C)c2sc(-c3cccnc3)nc2C)nc1C=C. The summed E-state index contributed by atoms with van der Waals surface area (Å²) in [6, 6.07) is 4.01. The maximum absolute atomic E-state index is 5.38. The van der Waals surface area contributed by atoms with Gasteiger partial charge in [-0.2, -0.15) is 4.98 Å². The van der Waals surface area contributed by atoms with Crippen LogP contribution in [0.5, 0.6) is 6.01 Å². The topological polar surface area (TPSA) is 73.2 Å². The van der Waals surface area contributed by atoms with Crippen molar-refractivity contribution in [1.82, 2.24) is 19.9 Å². The highest BCUT2D eigenvalue weighted by molar-refractivity contribution is 7.17. The summed E-state index contributed by atoms with van der Waals surface area (Å²) in [6.07, 6.45) is 8.43. The minimum atomic E-state index is 0.152. The molecule has 3 aromatic rings. The van der Waals surface area contributed by atoms with Crippen molar-refractivity contribution in [3.8, 4) is 16.6 Å². The van der Waals surface area contributed by atoms with Gasteiger partial charge in [0.05, 0.1) is 22.0 Å². The lowest BCUT2D eigenvalue weighted by Crippen LogP contribution is -2.00. The Bertz CT molecular complexity index is 979. The lowest BCUT2D eigenvalue weighted by Gasteiger charge is -2.02. The number of hydrogen-bond acceptors (Lipinski definition) is 7. The molecule has 0 spiro atoms. The van der Waals surface area contributed by atoms with Crippen molar-refractivity contribution < 1.29 is 4.84 Å². The van der Waals surface area contributed by atoms with Crippen molar-refractivity contribution in [1.29, 1.82) is 0 Å². The van der Waals surface area contributed by atoms with E-state index in [2.05, 4.69) is 38.2 Å². The summed E-state index contributed by atoms with van der Waals surface area (Å²) in [6.45, 7) is 11.2. The molecular formula is C19H17N5OS. The van der Waals surface area contributed by atoms with Crippen LogP contribution in [0.3, 0.4) is 0 Å². The van der Waals surface area contributed by atoms with Crippen molar-refractivity contribution in [3.63, 3.8) is 0 Å². The molecule has 7 heteroatoms. The molecule has 0 fully saturated rings. The molecule has 0 atom stereocenters. The molecule has 0 aliphatic rings. The summed E-state index contributed by atoms with van der Waals surface area (Å²) in [4.78, 5) is 23.4. The van der Waals surface area contributed by atoms with Gasteiger partial charge in [-0.3, -0.25) is 4.98 Å². The number of aromatic nitrogens is 4. The van der Waals surface area contributed by atoms with Gasteiger partial charge in [0.15, 0.2) is 0 Å². The standard InChI is InChI=1S/C19H17N5OS/c1-5-14-11-21-19(23-16(14)6-2)25-24-13(4)17-12(3)22-18(26-17)15-8-7-9-20-10-15/h5-11H,1-2H2,3-4H3/b24-13+. The molecular weight excluding hydrogens is 346 g/mol. The van der Waals surface area contributed by atoms with Gasteiger partial charge in [0.25, 0.3) is 0 Å². The van der Waals surface area contributed by atoms with Crippen molar-refractivity contribution in [2.24, 2.45) is 5.16 Å². The molecule has 3 heterocycles. The molecule has 0 aliphatic carbocycles. The summed E-state index contributed by atoms with van der Waals surface area (Å²) in [7, 11) is 0. The van der Waals surface area contributed by atoms with Gasteiger partial charge in [0.1, 0.15) is 5.01 Å². The average Bonchev–Trinajstić information content (AvgIpc) is 3.08. The average molecular weight is 363 g/mol. The van der Waals surface area contributed by atoms with Gasteiger partial charge in [-0.25, -0.2) is 9.97 Å². The van der Waals surface area contributed by atoms with E-state index in [1.165, 1.54) is 11.3 Å². The van der Waals surface area contributed by atoms with Gasteiger partial charge >= 0.3 is 6.01 Å². The third-order valence-corrected chi connectivity index (χ3v) is 4.85. The van der Waals surface area contributed by atoms with E-state index in [1.54, 1.807) is 30.7 Å². The Labute approximate surface area is 155 Å². The lowest BCUT2D eigenvalue weighted by molar-refractivity contribution is 0.312. The van der Waals surface area contributed by atoms with Gasteiger partial charge in [-0.05, 0) is 32.1 Å². The van der Waals surface area contributed by atoms with E-state index in [1.807, 2.05) is 26.0 Å². The highest BCUT2D eigenvalue weighted by Gasteiger charge is 2.13. The van der Waals surface area contributed by atoms with Crippen LogP contribution >= 0.6 is 11.3 Å². The van der Waals surface area contributed by atoms with Crippen LogP contribution < -0.4 is 4.84 Å². The molecule has 0 unspecified atom stereocenters. The molecule has 0 bridgehead atoms. The fourth-order valence-corrected chi connectivity index (χ4v) is 3.24. The second-order valence-corrected chi connectivity index (χ2v) is 6.34. The highest BCUT2D eigenvalue weighted by atomic mass is 32.1. The van der Waals surface area contributed by atoms with Crippen LogP contribution in [0, 0.1) is 6.92 Å². The molecule has 0 aromatic carbocycles. The van der Waals surface area contributed by atoms with Crippen LogP contribution in [0.4, 0.5) is 0 Å². The third-order valence-electron chi connectivity index (χ3n) is 3.54. The van der Waals surface area contributed by atoms with Crippen molar-refractivity contribution in [2.75, 3.05) is 0 Å². The molecule has 130 valence electrons. The Morgan fingerprint density at radius 3 is 2.77 bits per heavy atom. The molecule has 0 amide bonds. The van der Waals surface area contributed by atoms with Crippen LogP contribution in [-0.2, 0) is 0 Å². The summed E-state index contributed by atoms with van der Waals surface area (Å²) in [5.74, 6) is 0. The molecule has 0 radical (unpaired) electrons. The van der Waals surface area contributed by atoms with Crippen LogP contribution in [-0.4, -0.2) is 25.6 Å². The predicted molar refractivity (Wildman–Crippen MR) is 105 cm³/mol.